The quantitative estimate of drug-likeness (QED) is 0.598. The van der Waals surface area contributed by atoms with E-state index in [0.717, 1.165) is 5.52 Å². The van der Waals surface area contributed by atoms with Crippen molar-refractivity contribution in [1.29, 1.82) is 0 Å². The van der Waals surface area contributed by atoms with Gasteiger partial charge in [0.15, 0.2) is 0 Å². The molecule has 0 aliphatic carbocycles. The first kappa shape index (κ1) is 6.42. The molecule has 0 spiro atoms. The molecule has 2 aromatic rings. The van der Waals surface area contributed by atoms with Crippen molar-refractivity contribution in [3.8, 4) is 0 Å². The van der Waals surface area contributed by atoms with E-state index in [-0.39, 0.29) is 0 Å². The Morgan fingerprint density at radius 1 is 1.45 bits per heavy atom. The molecule has 2 N–H and O–H groups in total. The van der Waals surface area contributed by atoms with Gasteiger partial charge in [0.25, 0.3) is 0 Å². The Morgan fingerprint density at radius 2 is 2.27 bits per heavy atom. The van der Waals surface area contributed by atoms with Gasteiger partial charge in [0.05, 0.1) is 0 Å². The van der Waals surface area contributed by atoms with E-state index in [2.05, 4.69) is 10.3 Å². The summed E-state index contributed by atoms with van der Waals surface area (Å²) >= 11 is 5.63. The van der Waals surface area contributed by atoms with E-state index in [4.69, 9.17) is 17.5 Å². The molecular formula is C6H5ClN4. The molecule has 0 saturated carbocycles. The number of rotatable bonds is 0. The van der Waals surface area contributed by atoms with Crippen molar-refractivity contribution in [3.63, 3.8) is 0 Å². The minimum Gasteiger partial charge on any atom is -0.399 e. The Balaban J connectivity index is 2.86. The minimum absolute atomic E-state index is 0.662. The lowest BCUT2D eigenvalue weighted by Crippen LogP contribution is -1.84. The largest absolute Gasteiger partial charge is 0.399 e. The summed E-state index contributed by atoms with van der Waals surface area (Å²) in [7, 11) is 0. The van der Waals surface area contributed by atoms with Gasteiger partial charge in [-0.1, -0.05) is 0 Å². The van der Waals surface area contributed by atoms with Crippen LogP contribution >= 0.6 is 11.8 Å². The maximum atomic E-state index is 5.63. The Kier molecular flexibility index (Phi) is 1.22. The maximum Gasteiger partial charge on any atom is 0.116 e. The highest BCUT2D eigenvalue weighted by atomic mass is 35.5. The van der Waals surface area contributed by atoms with Crippen LogP contribution in [0.4, 0.5) is 5.69 Å². The number of nitrogens with zero attached hydrogens (tertiary/aromatic N) is 3. The van der Waals surface area contributed by atoms with Crippen LogP contribution in [0.1, 0.15) is 0 Å². The first-order valence-corrected chi connectivity index (χ1v) is 3.38. The summed E-state index contributed by atoms with van der Waals surface area (Å²) in [6.07, 6.45) is 0. The van der Waals surface area contributed by atoms with Crippen LogP contribution in [0.3, 0.4) is 0 Å². The molecule has 0 fully saturated rings. The predicted octanol–water partition coefficient (Wildman–Crippen LogP) is 1.02. The van der Waals surface area contributed by atoms with E-state index in [1.807, 2.05) is 0 Å². The fraction of sp³-hybridized carbons (Fsp3) is 0. The molecule has 1 aromatic heterocycles. The van der Waals surface area contributed by atoms with Crippen molar-refractivity contribution < 1.29 is 0 Å². The zero-order valence-corrected chi connectivity index (χ0v) is 6.28. The summed E-state index contributed by atoms with van der Waals surface area (Å²) < 4.78 is 1.19. The van der Waals surface area contributed by atoms with Gasteiger partial charge in [-0.25, -0.2) is 0 Å². The van der Waals surface area contributed by atoms with Gasteiger partial charge in [0.1, 0.15) is 11.0 Å². The normalized spacial score (nSPS) is 10.6. The average molecular weight is 169 g/mol. The molecule has 1 heterocycles. The van der Waals surface area contributed by atoms with E-state index >= 15 is 0 Å². The van der Waals surface area contributed by atoms with Gasteiger partial charge in [-0.3, -0.25) is 0 Å². The molecule has 0 radical (unpaired) electrons. The lowest BCUT2D eigenvalue weighted by atomic mass is 10.3. The smallest absolute Gasteiger partial charge is 0.116 e. The van der Waals surface area contributed by atoms with Crippen LogP contribution in [0, 0.1) is 0 Å². The highest BCUT2D eigenvalue weighted by Crippen LogP contribution is 2.14. The van der Waals surface area contributed by atoms with Crippen LogP contribution < -0.4 is 5.73 Å². The van der Waals surface area contributed by atoms with Crippen LogP contribution in [-0.2, 0) is 0 Å². The Morgan fingerprint density at radius 3 is 3.09 bits per heavy atom. The molecule has 0 unspecified atom stereocenters. The number of nitrogen functional groups attached to an aromatic ring is 1. The molecule has 0 aliphatic rings. The third-order valence-corrected chi connectivity index (χ3v) is 1.68. The molecule has 4 nitrogen and oxygen atoms in total. The lowest BCUT2D eigenvalue weighted by molar-refractivity contribution is 0.899. The number of anilines is 1. The third-order valence-electron chi connectivity index (χ3n) is 1.43. The van der Waals surface area contributed by atoms with Gasteiger partial charge in [0.2, 0.25) is 0 Å². The second-order valence-electron chi connectivity index (χ2n) is 2.20. The molecule has 0 saturated heterocycles. The van der Waals surface area contributed by atoms with Crippen LogP contribution in [0.25, 0.3) is 11.0 Å². The van der Waals surface area contributed by atoms with Crippen LogP contribution in [0.15, 0.2) is 18.2 Å². The number of halogens is 1. The predicted molar refractivity (Wildman–Crippen MR) is 43.2 cm³/mol. The molecule has 56 valence electrons. The standard InChI is InChI=1S/C6H5ClN4/c7-11-6-2-1-4(8)3-5(6)9-10-11/h1-3H,8H2. The molecule has 0 amide bonds. The number of hydrogen-bond acceptors (Lipinski definition) is 3. The summed E-state index contributed by atoms with van der Waals surface area (Å²) in [6.45, 7) is 0. The molecular weight excluding hydrogens is 164 g/mol. The van der Waals surface area contributed by atoms with Crippen molar-refractivity contribution in [3.05, 3.63) is 18.2 Å². The van der Waals surface area contributed by atoms with Crippen LogP contribution in [0.5, 0.6) is 0 Å². The molecule has 5 heteroatoms. The number of aromatic nitrogens is 3. The summed E-state index contributed by atoms with van der Waals surface area (Å²) in [5, 5.41) is 7.39. The van der Waals surface area contributed by atoms with Crippen molar-refractivity contribution in [2.24, 2.45) is 0 Å². The topological polar surface area (TPSA) is 56.7 Å². The zero-order valence-electron chi connectivity index (χ0n) is 5.53. The molecule has 1 aromatic carbocycles. The highest BCUT2D eigenvalue weighted by molar-refractivity contribution is 6.17. The van der Waals surface area contributed by atoms with Crippen molar-refractivity contribution in [2.45, 2.75) is 0 Å². The van der Waals surface area contributed by atoms with Crippen LogP contribution in [0.2, 0.25) is 0 Å². The van der Waals surface area contributed by atoms with Gasteiger partial charge in [0, 0.05) is 17.5 Å². The maximum absolute atomic E-state index is 5.63. The molecule has 0 atom stereocenters. The third kappa shape index (κ3) is 0.914. The number of fused-ring (bicyclic) bond motifs is 1. The van der Waals surface area contributed by atoms with E-state index < -0.39 is 0 Å². The van der Waals surface area contributed by atoms with Crippen molar-refractivity contribution >= 4 is 28.5 Å². The highest BCUT2D eigenvalue weighted by Gasteiger charge is 2.00. The summed E-state index contributed by atoms with van der Waals surface area (Å²) in [6, 6.07) is 5.25. The molecule has 0 bridgehead atoms. The Bertz CT molecular complexity index is 394. The van der Waals surface area contributed by atoms with Gasteiger partial charge < -0.3 is 5.73 Å². The lowest BCUT2D eigenvalue weighted by Gasteiger charge is -1.90. The van der Waals surface area contributed by atoms with E-state index in [1.165, 1.54) is 4.20 Å². The molecule has 0 aliphatic heterocycles. The first-order chi connectivity index (χ1) is 5.27. The van der Waals surface area contributed by atoms with Gasteiger partial charge >= 0.3 is 0 Å². The van der Waals surface area contributed by atoms with Crippen molar-refractivity contribution in [1.82, 2.24) is 14.5 Å². The van der Waals surface area contributed by atoms with Gasteiger partial charge in [-0.2, -0.15) is 4.20 Å². The SMILES string of the molecule is Nc1ccc2c(c1)nnn2Cl. The number of benzene rings is 1. The Labute approximate surface area is 67.7 Å². The second kappa shape index (κ2) is 2.10. The zero-order chi connectivity index (χ0) is 7.84. The van der Waals surface area contributed by atoms with Gasteiger partial charge in [-0.15, -0.1) is 5.10 Å². The minimum atomic E-state index is 0.662. The van der Waals surface area contributed by atoms with Gasteiger partial charge in [-0.05, 0) is 23.4 Å². The van der Waals surface area contributed by atoms with Crippen molar-refractivity contribution in [2.75, 3.05) is 5.73 Å². The first-order valence-electron chi connectivity index (χ1n) is 3.04. The van der Waals surface area contributed by atoms with Crippen LogP contribution in [-0.4, -0.2) is 14.5 Å². The fourth-order valence-electron chi connectivity index (χ4n) is 0.912. The number of nitrogens with two attached hydrogens (primary N) is 1. The van der Waals surface area contributed by atoms with E-state index in [0.29, 0.717) is 11.2 Å². The summed E-state index contributed by atoms with van der Waals surface area (Å²) in [5.74, 6) is 0. The molecule has 2 rings (SSSR count). The second-order valence-corrected chi connectivity index (χ2v) is 2.52. The molecule has 11 heavy (non-hydrogen) atoms. The van der Waals surface area contributed by atoms with E-state index in [1.54, 1.807) is 18.2 Å². The Hall–Kier alpha value is -1.29. The number of hydrogen-bond donors (Lipinski definition) is 1. The summed E-state index contributed by atoms with van der Waals surface area (Å²) in [5.41, 5.74) is 7.65. The average Bonchev–Trinajstić information content (AvgIpc) is 2.32. The van der Waals surface area contributed by atoms with E-state index in [9.17, 15) is 0 Å². The fourth-order valence-corrected chi connectivity index (χ4v) is 1.09. The monoisotopic (exact) mass is 168 g/mol. The summed E-state index contributed by atoms with van der Waals surface area (Å²) in [4.78, 5) is 0.